The summed E-state index contributed by atoms with van der Waals surface area (Å²) in [5.74, 6) is 1.74. The van der Waals surface area contributed by atoms with Crippen molar-refractivity contribution in [2.24, 2.45) is 0 Å². The van der Waals surface area contributed by atoms with Crippen LogP contribution in [0, 0.1) is 12.7 Å². The monoisotopic (exact) mass is 328 g/mol. The van der Waals surface area contributed by atoms with Gasteiger partial charge in [-0.1, -0.05) is 0 Å². The van der Waals surface area contributed by atoms with Gasteiger partial charge in [0.2, 0.25) is 5.75 Å². The number of ether oxygens (including phenoxy) is 3. The van der Waals surface area contributed by atoms with Gasteiger partial charge in [-0.15, -0.1) is 0 Å². The maximum Gasteiger partial charge on any atom is 0.203 e. The lowest BCUT2D eigenvalue weighted by Crippen LogP contribution is -1.98. The molecule has 0 N–H and O–H groups in total. The molecule has 6 heteroatoms. The average molecular weight is 328 g/mol. The molecule has 0 amide bonds. The van der Waals surface area contributed by atoms with Crippen molar-refractivity contribution < 1.29 is 18.6 Å². The molecule has 0 saturated heterocycles. The molecule has 0 radical (unpaired) electrons. The summed E-state index contributed by atoms with van der Waals surface area (Å²) in [6.45, 7) is 1.82. The fourth-order valence-corrected chi connectivity index (χ4v) is 2.59. The lowest BCUT2D eigenvalue weighted by Gasteiger charge is -2.14. The predicted molar refractivity (Wildman–Crippen MR) is 89.3 cm³/mol. The Balaban J connectivity index is 2.22. The highest BCUT2D eigenvalue weighted by atomic mass is 19.1. The summed E-state index contributed by atoms with van der Waals surface area (Å²) >= 11 is 0. The van der Waals surface area contributed by atoms with Gasteiger partial charge in [-0.05, 0) is 37.3 Å². The van der Waals surface area contributed by atoms with Crippen LogP contribution in [0.25, 0.3) is 22.3 Å². The van der Waals surface area contributed by atoms with Crippen LogP contribution in [0.2, 0.25) is 0 Å². The molecule has 0 fully saturated rings. The topological polar surface area (TPSA) is 53.5 Å². The zero-order valence-corrected chi connectivity index (χ0v) is 13.9. The average Bonchev–Trinajstić information content (AvgIpc) is 2.60. The van der Waals surface area contributed by atoms with Gasteiger partial charge in [0.15, 0.2) is 17.3 Å². The van der Waals surface area contributed by atoms with Crippen LogP contribution in [0.5, 0.6) is 17.2 Å². The number of aromatic nitrogens is 2. The van der Waals surface area contributed by atoms with Gasteiger partial charge in [-0.3, -0.25) is 0 Å². The number of hydrogen-bond donors (Lipinski definition) is 0. The summed E-state index contributed by atoms with van der Waals surface area (Å²) in [5.41, 5.74) is 2.09. The standard InChI is InChI=1S/C18H17FN2O3/c1-10-13-9-12(19)5-6-14(13)21-18(20-10)11-7-15(22-2)17(24-4)16(8-11)23-3/h5-9H,1-4H3. The molecule has 1 aromatic heterocycles. The normalized spacial score (nSPS) is 10.7. The molecule has 0 atom stereocenters. The number of nitrogens with zero attached hydrogens (tertiary/aromatic N) is 2. The summed E-state index contributed by atoms with van der Waals surface area (Å²) < 4.78 is 29.5. The van der Waals surface area contributed by atoms with E-state index in [-0.39, 0.29) is 5.82 Å². The first-order valence-corrected chi connectivity index (χ1v) is 7.31. The van der Waals surface area contributed by atoms with Gasteiger partial charge in [0, 0.05) is 16.6 Å². The number of methoxy groups -OCH3 is 3. The molecule has 3 rings (SSSR count). The number of aryl methyl sites for hydroxylation is 1. The predicted octanol–water partition coefficient (Wildman–Crippen LogP) is 3.77. The minimum Gasteiger partial charge on any atom is -0.493 e. The maximum atomic E-state index is 13.4. The van der Waals surface area contributed by atoms with E-state index >= 15 is 0 Å². The van der Waals surface area contributed by atoms with E-state index in [1.165, 1.54) is 12.1 Å². The van der Waals surface area contributed by atoms with Gasteiger partial charge < -0.3 is 14.2 Å². The second-order valence-electron chi connectivity index (χ2n) is 5.21. The highest BCUT2D eigenvalue weighted by Crippen LogP contribution is 2.40. The van der Waals surface area contributed by atoms with E-state index in [2.05, 4.69) is 9.97 Å². The summed E-state index contributed by atoms with van der Waals surface area (Å²) in [7, 11) is 4.65. The highest BCUT2D eigenvalue weighted by molar-refractivity contribution is 5.83. The lowest BCUT2D eigenvalue weighted by atomic mass is 10.1. The largest absolute Gasteiger partial charge is 0.493 e. The van der Waals surface area contributed by atoms with E-state index in [0.717, 1.165) is 5.56 Å². The van der Waals surface area contributed by atoms with Crippen molar-refractivity contribution in [2.45, 2.75) is 6.92 Å². The van der Waals surface area contributed by atoms with Gasteiger partial charge >= 0.3 is 0 Å². The van der Waals surface area contributed by atoms with Crippen LogP contribution in [-0.4, -0.2) is 31.3 Å². The molecular weight excluding hydrogens is 311 g/mol. The van der Waals surface area contributed by atoms with Crippen LogP contribution in [0.3, 0.4) is 0 Å². The number of hydrogen-bond acceptors (Lipinski definition) is 5. The van der Waals surface area contributed by atoms with Crippen molar-refractivity contribution in [3.8, 4) is 28.6 Å². The Morgan fingerprint density at radius 3 is 2.12 bits per heavy atom. The quantitative estimate of drug-likeness (QED) is 0.730. The van der Waals surface area contributed by atoms with Crippen LogP contribution in [-0.2, 0) is 0 Å². The van der Waals surface area contributed by atoms with Gasteiger partial charge in [-0.2, -0.15) is 0 Å². The Kier molecular flexibility index (Phi) is 4.20. The number of halogens is 1. The number of fused-ring (bicyclic) bond motifs is 1. The number of benzene rings is 2. The van der Waals surface area contributed by atoms with Gasteiger partial charge in [0.05, 0.1) is 26.8 Å². The van der Waals surface area contributed by atoms with Gasteiger partial charge in [-0.25, -0.2) is 14.4 Å². The smallest absolute Gasteiger partial charge is 0.203 e. The van der Waals surface area contributed by atoms with Crippen molar-refractivity contribution in [1.29, 1.82) is 0 Å². The second-order valence-corrected chi connectivity index (χ2v) is 5.21. The van der Waals surface area contributed by atoms with E-state index in [4.69, 9.17) is 14.2 Å². The fraction of sp³-hybridized carbons (Fsp3) is 0.222. The third kappa shape index (κ3) is 2.71. The maximum absolute atomic E-state index is 13.4. The molecule has 0 unspecified atom stereocenters. The van der Waals surface area contributed by atoms with E-state index in [0.29, 0.717) is 39.7 Å². The molecule has 0 saturated carbocycles. The molecule has 2 aromatic carbocycles. The van der Waals surface area contributed by atoms with E-state index in [1.807, 2.05) is 6.92 Å². The Labute approximate surface area is 139 Å². The van der Waals surface area contributed by atoms with E-state index in [9.17, 15) is 4.39 Å². The molecule has 0 aliphatic carbocycles. The highest BCUT2D eigenvalue weighted by Gasteiger charge is 2.16. The summed E-state index contributed by atoms with van der Waals surface area (Å²) in [5, 5.41) is 0.686. The van der Waals surface area contributed by atoms with Gasteiger partial charge in [0.1, 0.15) is 5.82 Å². The zero-order chi connectivity index (χ0) is 17.3. The Hall–Kier alpha value is -2.89. The van der Waals surface area contributed by atoms with E-state index < -0.39 is 0 Å². The first-order valence-electron chi connectivity index (χ1n) is 7.31. The second kappa shape index (κ2) is 6.31. The van der Waals surface area contributed by atoms with Crippen LogP contribution in [0.4, 0.5) is 4.39 Å². The Morgan fingerprint density at radius 1 is 0.875 bits per heavy atom. The van der Waals surface area contributed by atoms with Crippen LogP contribution in [0.1, 0.15) is 5.69 Å². The van der Waals surface area contributed by atoms with Crippen molar-refractivity contribution in [3.05, 3.63) is 41.8 Å². The third-order valence-corrected chi connectivity index (χ3v) is 3.77. The first kappa shape index (κ1) is 16.0. The van der Waals surface area contributed by atoms with Crippen LogP contribution < -0.4 is 14.2 Å². The van der Waals surface area contributed by atoms with Crippen LogP contribution >= 0.6 is 0 Å². The first-order chi connectivity index (χ1) is 11.6. The lowest BCUT2D eigenvalue weighted by molar-refractivity contribution is 0.324. The summed E-state index contributed by atoms with van der Waals surface area (Å²) in [6.07, 6.45) is 0. The molecule has 124 valence electrons. The van der Waals surface area contributed by atoms with Crippen molar-refractivity contribution in [3.63, 3.8) is 0 Å². The molecule has 0 aliphatic rings. The molecule has 5 nitrogen and oxygen atoms in total. The molecule has 0 bridgehead atoms. The molecule has 0 aliphatic heterocycles. The molecule has 24 heavy (non-hydrogen) atoms. The fourth-order valence-electron chi connectivity index (χ4n) is 2.59. The minimum atomic E-state index is -0.310. The minimum absolute atomic E-state index is 0.310. The summed E-state index contributed by atoms with van der Waals surface area (Å²) in [6, 6.07) is 8.02. The van der Waals surface area contributed by atoms with Crippen molar-refractivity contribution in [1.82, 2.24) is 9.97 Å². The van der Waals surface area contributed by atoms with Gasteiger partial charge in [0.25, 0.3) is 0 Å². The SMILES string of the molecule is COc1cc(-c2nc(C)c3cc(F)ccc3n2)cc(OC)c1OC. The molecule has 0 spiro atoms. The zero-order valence-electron chi connectivity index (χ0n) is 13.9. The van der Waals surface area contributed by atoms with Crippen LogP contribution in [0.15, 0.2) is 30.3 Å². The van der Waals surface area contributed by atoms with E-state index in [1.54, 1.807) is 39.5 Å². The summed E-state index contributed by atoms with van der Waals surface area (Å²) in [4.78, 5) is 9.01. The molecular formula is C18H17FN2O3. The molecule has 1 heterocycles. The van der Waals surface area contributed by atoms with Crippen molar-refractivity contribution in [2.75, 3.05) is 21.3 Å². The molecule has 3 aromatic rings. The third-order valence-electron chi connectivity index (χ3n) is 3.77. The Bertz CT molecular complexity index is 887. The Morgan fingerprint density at radius 2 is 1.54 bits per heavy atom. The van der Waals surface area contributed by atoms with Crippen molar-refractivity contribution >= 4 is 10.9 Å². The number of rotatable bonds is 4.